The Labute approximate surface area is 121 Å². The Kier molecular flexibility index (Phi) is 4.85. The molecule has 2 aromatic carbocycles. The molecule has 0 saturated carbocycles. The Bertz CT molecular complexity index is 572. The third-order valence-corrected chi connectivity index (χ3v) is 3.85. The Morgan fingerprint density at radius 2 is 1.95 bits per heavy atom. The zero-order valence-electron chi connectivity index (χ0n) is 10.1. The first kappa shape index (κ1) is 13.9. The number of nitrogen functional groups attached to an aromatic ring is 1. The number of hydrogen-bond acceptors (Lipinski definition) is 3. The summed E-state index contributed by atoms with van der Waals surface area (Å²) in [5.74, 6) is 5.62. The summed E-state index contributed by atoms with van der Waals surface area (Å²) in [6.45, 7) is 0. The zero-order chi connectivity index (χ0) is 13.7. The summed E-state index contributed by atoms with van der Waals surface area (Å²) >= 11 is 7.63. The van der Waals surface area contributed by atoms with Gasteiger partial charge in [0.15, 0.2) is 0 Å². The average Bonchev–Trinajstić information content (AvgIpc) is 2.45. The van der Waals surface area contributed by atoms with Gasteiger partial charge in [-0.25, -0.2) is 5.84 Å². The minimum absolute atomic E-state index is 0.283. The first-order valence-corrected chi connectivity index (χ1v) is 7.03. The lowest BCUT2D eigenvalue weighted by atomic mass is 10.1. The number of hydrogen-bond donors (Lipinski definition) is 2. The van der Waals surface area contributed by atoms with Gasteiger partial charge in [-0.1, -0.05) is 29.8 Å². The van der Waals surface area contributed by atoms with Crippen molar-refractivity contribution < 1.29 is 4.79 Å². The molecule has 2 rings (SSSR count). The van der Waals surface area contributed by atoms with Crippen molar-refractivity contribution in [3.05, 3.63) is 64.7 Å². The minimum Gasteiger partial charge on any atom is -0.290 e. The third kappa shape index (κ3) is 3.99. The maximum absolute atomic E-state index is 11.3. The van der Waals surface area contributed by atoms with E-state index in [-0.39, 0.29) is 5.91 Å². The highest BCUT2D eigenvalue weighted by Gasteiger charge is 2.03. The molecule has 2 aromatic rings. The van der Waals surface area contributed by atoms with Crippen LogP contribution in [0.1, 0.15) is 15.9 Å². The van der Waals surface area contributed by atoms with Crippen molar-refractivity contribution in [2.75, 3.05) is 0 Å². The normalized spacial score (nSPS) is 10.2. The molecule has 0 unspecified atom stereocenters. The van der Waals surface area contributed by atoms with E-state index in [2.05, 4.69) is 5.43 Å². The highest BCUT2D eigenvalue weighted by Crippen LogP contribution is 2.25. The smallest absolute Gasteiger partial charge is 0.265 e. The maximum atomic E-state index is 11.3. The Balaban J connectivity index is 1.98. The number of rotatable bonds is 4. The van der Waals surface area contributed by atoms with Crippen LogP contribution in [0.2, 0.25) is 5.02 Å². The largest absolute Gasteiger partial charge is 0.290 e. The second kappa shape index (κ2) is 6.61. The van der Waals surface area contributed by atoms with E-state index in [1.807, 2.05) is 36.4 Å². The molecule has 3 N–H and O–H groups in total. The number of amides is 1. The number of hydrazine groups is 1. The summed E-state index contributed by atoms with van der Waals surface area (Å²) in [7, 11) is 0. The summed E-state index contributed by atoms with van der Waals surface area (Å²) < 4.78 is 0. The molecule has 0 aromatic heterocycles. The second-order valence-electron chi connectivity index (χ2n) is 3.92. The van der Waals surface area contributed by atoms with Gasteiger partial charge < -0.3 is 0 Å². The minimum atomic E-state index is -0.283. The zero-order valence-corrected chi connectivity index (χ0v) is 11.7. The van der Waals surface area contributed by atoms with Gasteiger partial charge in [0.1, 0.15) is 0 Å². The summed E-state index contributed by atoms with van der Waals surface area (Å²) in [6, 6.07) is 15.1. The molecule has 0 saturated heterocycles. The van der Waals surface area contributed by atoms with Crippen molar-refractivity contribution in [3.8, 4) is 0 Å². The molecule has 0 bridgehead atoms. The van der Waals surface area contributed by atoms with Crippen LogP contribution in [0.5, 0.6) is 0 Å². The predicted octanol–water partition coefficient (Wildman–Crippen LogP) is 3.24. The van der Waals surface area contributed by atoms with Gasteiger partial charge in [0, 0.05) is 21.2 Å². The number of carbonyl (C=O) groups excluding carboxylic acids is 1. The van der Waals surface area contributed by atoms with E-state index in [9.17, 15) is 4.79 Å². The van der Waals surface area contributed by atoms with Crippen LogP contribution in [0.3, 0.4) is 0 Å². The van der Waals surface area contributed by atoms with Crippen LogP contribution in [-0.2, 0) is 5.75 Å². The molecule has 5 heteroatoms. The molecule has 0 heterocycles. The van der Waals surface area contributed by atoms with Gasteiger partial charge >= 0.3 is 0 Å². The Morgan fingerprint density at radius 3 is 2.58 bits per heavy atom. The van der Waals surface area contributed by atoms with Gasteiger partial charge in [-0.15, -0.1) is 11.8 Å². The van der Waals surface area contributed by atoms with Gasteiger partial charge in [-0.05, 0) is 35.9 Å². The van der Waals surface area contributed by atoms with Crippen LogP contribution in [0.25, 0.3) is 0 Å². The number of benzene rings is 2. The molecule has 0 radical (unpaired) electrons. The predicted molar refractivity (Wildman–Crippen MR) is 79.1 cm³/mol. The number of carbonyl (C=O) groups is 1. The molecule has 1 amide bonds. The number of nitrogens with two attached hydrogens (primary N) is 1. The standard InChI is InChI=1S/C14H13ClN2OS/c15-12-2-1-3-13(8-12)19-9-10-4-6-11(7-5-10)14(18)17-16/h1-8H,9,16H2,(H,17,18). The van der Waals surface area contributed by atoms with Gasteiger partial charge in [0.05, 0.1) is 0 Å². The highest BCUT2D eigenvalue weighted by molar-refractivity contribution is 7.98. The van der Waals surface area contributed by atoms with Gasteiger partial charge in [0.25, 0.3) is 5.91 Å². The van der Waals surface area contributed by atoms with Gasteiger partial charge in [-0.2, -0.15) is 0 Å². The monoisotopic (exact) mass is 292 g/mol. The van der Waals surface area contributed by atoms with Crippen molar-refractivity contribution in [1.29, 1.82) is 0 Å². The lowest BCUT2D eigenvalue weighted by Gasteiger charge is -2.04. The topological polar surface area (TPSA) is 55.1 Å². The molecule has 0 aliphatic rings. The number of halogens is 1. The molecule has 0 fully saturated rings. The fraction of sp³-hybridized carbons (Fsp3) is 0.0714. The lowest BCUT2D eigenvalue weighted by Crippen LogP contribution is -2.29. The highest BCUT2D eigenvalue weighted by atomic mass is 35.5. The molecule has 3 nitrogen and oxygen atoms in total. The van der Waals surface area contributed by atoms with Crippen molar-refractivity contribution in [3.63, 3.8) is 0 Å². The SMILES string of the molecule is NNC(=O)c1ccc(CSc2cccc(Cl)c2)cc1. The van der Waals surface area contributed by atoms with Gasteiger partial charge in [0.2, 0.25) is 0 Å². The van der Waals surface area contributed by atoms with Crippen molar-refractivity contribution in [2.24, 2.45) is 5.84 Å². The Hall–Kier alpha value is -1.49. The van der Waals surface area contributed by atoms with Crippen LogP contribution in [0, 0.1) is 0 Å². The lowest BCUT2D eigenvalue weighted by molar-refractivity contribution is 0.0953. The number of thioether (sulfide) groups is 1. The molecule has 98 valence electrons. The molecular weight excluding hydrogens is 280 g/mol. The molecule has 19 heavy (non-hydrogen) atoms. The van der Waals surface area contributed by atoms with Crippen molar-refractivity contribution in [2.45, 2.75) is 10.6 Å². The van der Waals surface area contributed by atoms with Crippen LogP contribution >= 0.6 is 23.4 Å². The molecular formula is C14H13ClN2OS. The summed E-state index contributed by atoms with van der Waals surface area (Å²) in [6.07, 6.45) is 0. The summed E-state index contributed by atoms with van der Waals surface area (Å²) in [4.78, 5) is 12.4. The summed E-state index contributed by atoms with van der Waals surface area (Å²) in [5.41, 5.74) is 3.80. The van der Waals surface area contributed by atoms with Crippen LogP contribution in [0.15, 0.2) is 53.4 Å². The fourth-order valence-electron chi connectivity index (χ4n) is 1.56. The number of nitrogens with one attached hydrogen (secondary N) is 1. The molecule has 0 aliphatic heterocycles. The van der Waals surface area contributed by atoms with Gasteiger partial charge in [-0.3, -0.25) is 10.2 Å². The average molecular weight is 293 g/mol. The first-order chi connectivity index (χ1) is 9.19. The van der Waals surface area contributed by atoms with E-state index in [0.29, 0.717) is 5.56 Å². The van der Waals surface area contributed by atoms with Crippen molar-refractivity contribution >= 4 is 29.3 Å². The molecule has 0 spiro atoms. The molecule has 0 atom stereocenters. The van der Waals surface area contributed by atoms with Crippen molar-refractivity contribution in [1.82, 2.24) is 5.43 Å². The van der Waals surface area contributed by atoms with E-state index >= 15 is 0 Å². The second-order valence-corrected chi connectivity index (χ2v) is 5.40. The quantitative estimate of drug-likeness (QED) is 0.394. The summed E-state index contributed by atoms with van der Waals surface area (Å²) in [5, 5.41) is 0.736. The van der Waals surface area contributed by atoms with Crippen LogP contribution < -0.4 is 11.3 Å². The molecule has 0 aliphatic carbocycles. The van der Waals surface area contributed by atoms with E-state index in [4.69, 9.17) is 17.4 Å². The van der Waals surface area contributed by atoms with E-state index in [1.54, 1.807) is 23.9 Å². The Morgan fingerprint density at radius 1 is 1.21 bits per heavy atom. The maximum Gasteiger partial charge on any atom is 0.265 e. The van der Waals surface area contributed by atoms with Crippen LogP contribution in [0.4, 0.5) is 0 Å². The van der Waals surface area contributed by atoms with E-state index in [0.717, 1.165) is 21.2 Å². The van der Waals surface area contributed by atoms with E-state index < -0.39 is 0 Å². The van der Waals surface area contributed by atoms with Crippen LogP contribution in [-0.4, -0.2) is 5.91 Å². The first-order valence-electron chi connectivity index (χ1n) is 5.67. The third-order valence-electron chi connectivity index (χ3n) is 2.55. The fourth-order valence-corrected chi connectivity index (χ4v) is 2.72. The van der Waals surface area contributed by atoms with E-state index in [1.165, 1.54) is 0 Å².